The lowest BCUT2D eigenvalue weighted by molar-refractivity contribution is -0.167. The molecule has 0 fully saturated rings. The molecule has 0 heterocycles. The van der Waals surface area contributed by atoms with Gasteiger partial charge in [0.15, 0.2) is 6.10 Å². The Kier molecular flexibility index (Phi) is 50.0. The van der Waals surface area contributed by atoms with Crippen LogP contribution in [0.5, 0.6) is 0 Å². The third-order valence-corrected chi connectivity index (χ3v) is 10.7. The molecule has 0 radical (unpaired) electrons. The molecule has 0 spiro atoms. The molecule has 0 bridgehead atoms. The number of rotatable bonds is 46. The second-order valence-corrected chi connectivity index (χ2v) is 17.0. The molecule has 372 valence electrons. The fourth-order valence-electron chi connectivity index (χ4n) is 6.79. The normalized spacial score (nSPS) is 13.1. The zero-order chi connectivity index (χ0) is 47.9. The highest BCUT2D eigenvalue weighted by atomic mass is 16.6. The van der Waals surface area contributed by atoms with Crippen LogP contribution >= 0.6 is 0 Å². The van der Waals surface area contributed by atoms with Gasteiger partial charge < -0.3 is 14.2 Å². The summed E-state index contributed by atoms with van der Waals surface area (Å²) in [7, 11) is 0. The fourth-order valence-corrected chi connectivity index (χ4v) is 6.79. The Bertz CT molecular complexity index is 1420. The molecule has 0 amide bonds. The molecule has 1 unspecified atom stereocenters. The molecule has 0 rings (SSSR count). The molecule has 0 aromatic heterocycles. The van der Waals surface area contributed by atoms with Crippen LogP contribution in [0.1, 0.15) is 220 Å². The summed E-state index contributed by atoms with van der Waals surface area (Å²) in [5, 5.41) is 0. The van der Waals surface area contributed by atoms with Gasteiger partial charge in [0.1, 0.15) is 13.2 Å². The summed E-state index contributed by atoms with van der Waals surface area (Å²) in [5.41, 5.74) is 0. The Morgan fingerprint density at radius 3 is 0.939 bits per heavy atom. The van der Waals surface area contributed by atoms with Crippen molar-refractivity contribution in [2.24, 2.45) is 0 Å². The van der Waals surface area contributed by atoms with E-state index in [9.17, 15) is 14.4 Å². The molecule has 0 aromatic rings. The SMILES string of the molecule is CC/C=C\C/C=C\C/C=C\C/C=C\C/C=C\CCCCCCCCCC(=O)OCC(COC(=O)CCCCCCCC)OC(=O)CCCCC/C=C\C/C=C\C/C=C\C/C=C\C/C=C\CC. The van der Waals surface area contributed by atoms with Gasteiger partial charge in [-0.25, -0.2) is 0 Å². The van der Waals surface area contributed by atoms with Crippen molar-refractivity contribution in [2.45, 2.75) is 226 Å². The molecule has 6 heteroatoms. The van der Waals surface area contributed by atoms with Crippen molar-refractivity contribution in [3.63, 3.8) is 0 Å². The molecule has 0 saturated carbocycles. The van der Waals surface area contributed by atoms with Gasteiger partial charge in [-0.3, -0.25) is 14.4 Å². The van der Waals surface area contributed by atoms with Gasteiger partial charge in [0.2, 0.25) is 0 Å². The van der Waals surface area contributed by atoms with E-state index in [0.717, 1.165) is 135 Å². The number of allylic oxidation sites excluding steroid dienone is 20. The van der Waals surface area contributed by atoms with Gasteiger partial charge in [0, 0.05) is 19.3 Å². The molecule has 6 nitrogen and oxygen atoms in total. The predicted molar refractivity (Wildman–Crippen MR) is 283 cm³/mol. The van der Waals surface area contributed by atoms with E-state index in [2.05, 4.69) is 142 Å². The lowest BCUT2D eigenvalue weighted by Gasteiger charge is -2.18. The van der Waals surface area contributed by atoms with Gasteiger partial charge in [-0.2, -0.15) is 0 Å². The number of carbonyl (C=O) groups excluding carboxylic acids is 3. The van der Waals surface area contributed by atoms with E-state index in [1.165, 1.54) is 44.9 Å². The zero-order valence-corrected chi connectivity index (χ0v) is 42.4. The smallest absolute Gasteiger partial charge is 0.306 e. The minimum Gasteiger partial charge on any atom is -0.462 e. The first-order valence-electron chi connectivity index (χ1n) is 26.5. The Balaban J connectivity index is 4.30. The minimum absolute atomic E-state index is 0.0984. The quantitative estimate of drug-likeness (QED) is 0.0262. The van der Waals surface area contributed by atoms with Crippen LogP contribution in [0.4, 0.5) is 0 Å². The highest BCUT2D eigenvalue weighted by Crippen LogP contribution is 2.13. The summed E-state index contributed by atoms with van der Waals surface area (Å²) in [6.07, 6.45) is 73.5. The maximum Gasteiger partial charge on any atom is 0.306 e. The number of ether oxygens (including phenoxy) is 3. The summed E-state index contributed by atoms with van der Waals surface area (Å²) in [5.74, 6) is -0.959. The van der Waals surface area contributed by atoms with E-state index in [1.807, 2.05) is 0 Å². The Morgan fingerprint density at radius 1 is 0.318 bits per heavy atom. The standard InChI is InChI=1S/C60H96O6/c1-4-7-10-13-16-18-20-22-24-26-28-29-30-31-33-34-36-38-40-42-44-47-50-53-59(62)65-56-57(55-64-58(61)52-49-46-15-12-9-6-3)66-60(63)54-51-48-45-43-41-39-37-35-32-27-25-23-21-19-17-14-11-8-5-2/h7-8,10-11,16-19,22-25,28-29,31-33,35,39,41,57H,4-6,9,12-15,20-21,26-27,30,34,36-38,40,42-56H2,1-3H3/b10-7-,11-8-,18-16-,19-17-,24-22-,25-23-,29-28-,33-31-,35-32-,41-39-. The Hall–Kier alpha value is -4.19. The van der Waals surface area contributed by atoms with Gasteiger partial charge in [0.05, 0.1) is 0 Å². The second-order valence-electron chi connectivity index (χ2n) is 17.0. The zero-order valence-electron chi connectivity index (χ0n) is 42.4. The molecule has 0 aliphatic rings. The average Bonchev–Trinajstić information content (AvgIpc) is 3.31. The van der Waals surface area contributed by atoms with Crippen LogP contribution in [-0.2, 0) is 28.6 Å². The van der Waals surface area contributed by atoms with Crippen molar-refractivity contribution < 1.29 is 28.6 Å². The molecule has 1 atom stereocenters. The van der Waals surface area contributed by atoms with E-state index in [1.54, 1.807) is 0 Å². The summed E-state index contributed by atoms with van der Waals surface area (Å²) < 4.78 is 16.7. The van der Waals surface area contributed by atoms with Crippen LogP contribution < -0.4 is 0 Å². The maximum atomic E-state index is 12.8. The highest BCUT2D eigenvalue weighted by Gasteiger charge is 2.19. The van der Waals surface area contributed by atoms with Crippen LogP contribution in [0.15, 0.2) is 122 Å². The lowest BCUT2D eigenvalue weighted by atomic mass is 10.1. The predicted octanol–water partition coefficient (Wildman–Crippen LogP) is 17.7. The molecule has 0 N–H and O–H groups in total. The minimum atomic E-state index is -0.800. The van der Waals surface area contributed by atoms with E-state index >= 15 is 0 Å². The van der Waals surface area contributed by atoms with Crippen LogP contribution in [0.3, 0.4) is 0 Å². The average molecular weight is 913 g/mol. The van der Waals surface area contributed by atoms with Gasteiger partial charge in [-0.1, -0.05) is 213 Å². The van der Waals surface area contributed by atoms with Gasteiger partial charge >= 0.3 is 17.9 Å². The molecule has 0 saturated heterocycles. The first kappa shape index (κ1) is 61.8. The second kappa shape index (κ2) is 53.4. The van der Waals surface area contributed by atoms with E-state index in [0.29, 0.717) is 12.8 Å². The van der Waals surface area contributed by atoms with Crippen LogP contribution in [0, 0.1) is 0 Å². The van der Waals surface area contributed by atoms with Crippen molar-refractivity contribution in [2.75, 3.05) is 13.2 Å². The van der Waals surface area contributed by atoms with E-state index in [-0.39, 0.29) is 37.5 Å². The van der Waals surface area contributed by atoms with Gasteiger partial charge in [-0.05, 0) is 109 Å². The first-order valence-corrected chi connectivity index (χ1v) is 26.5. The Labute approximate surface area is 405 Å². The van der Waals surface area contributed by atoms with Crippen molar-refractivity contribution in [3.8, 4) is 0 Å². The third-order valence-electron chi connectivity index (χ3n) is 10.7. The van der Waals surface area contributed by atoms with Gasteiger partial charge in [0.25, 0.3) is 0 Å². The van der Waals surface area contributed by atoms with Crippen LogP contribution in [0.25, 0.3) is 0 Å². The van der Waals surface area contributed by atoms with Crippen molar-refractivity contribution in [3.05, 3.63) is 122 Å². The Morgan fingerprint density at radius 2 is 0.591 bits per heavy atom. The van der Waals surface area contributed by atoms with Crippen molar-refractivity contribution in [1.29, 1.82) is 0 Å². The number of unbranched alkanes of at least 4 members (excludes halogenated alkanes) is 15. The van der Waals surface area contributed by atoms with Crippen LogP contribution in [-0.4, -0.2) is 37.2 Å². The summed E-state index contributed by atoms with van der Waals surface area (Å²) in [6, 6.07) is 0. The summed E-state index contributed by atoms with van der Waals surface area (Å²) >= 11 is 0. The topological polar surface area (TPSA) is 78.9 Å². The number of hydrogen-bond acceptors (Lipinski definition) is 6. The molecular formula is C60H96O6. The van der Waals surface area contributed by atoms with Crippen molar-refractivity contribution >= 4 is 17.9 Å². The van der Waals surface area contributed by atoms with E-state index < -0.39 is 6.10 Å². The van der Waals surface area contributed by atoms with Gasteiger partial charge in [-0.15, -0.1) is 0 Å². The number of esters is 3. The van der Waals surface area contributed by atoms with E-state index in [4.69, 9.17) is 14.2 Å². The summed E-state index contributed by atoms with van der Waals surface area (Å²) in [6.45, 7) is 6.30. The monoisotopic (exact) mass is 913 g/mol. The van der Waals surface area contributed by atoms with Crippen molar-refractivity contribution in [1.82, 2.24) is 0 Å². The molecule has 0 aliphatic carbocycles. The number of hydrogen-bond donors (Lipinski definition) is 0. The first-order chi connectivity index (χ1) is 32.5. The fraction of sp³-hybridized carbons (Fsp3) is 0.617. The molecule has 0 aromatic carbocycles. The molecular weight excluding hydrogens is 817 g/mol. The maximum absolute atomic E-state index is 12.8. The molecule has 0 aliphatic heterocycles. The number of carbonyl (C=O) groups is 3. The lowest BCUT2D eigenvalue weighted by Crippen LogP contribution is -2.30. The van der Waals surface area contributed by atoms with Crippen LogP contribution in [0.2, 0.25) is 0 Å². The summed E-state index contributed by atoms with van der Waals surface area (Å²) in [4.78, 5) is 37.8. The highest BCUT2D eigenvalue weighted by molar-refractivity contribution is 5.71. The molecule has 66 heavy (non-hydrogen) atoms. The largest absolute Gasteiger partial charge is 0.462 e. The third kappa shape index (κ3) is 50.8.